The molecule has 0 amide bonds. The molecule has 1 saturated heterocycles. The van der Waals surface area contributed by atoms with Crippen LogP contribution in [0.3, 0.4) is 0 Å². The van der Waals surface area contributed by atoms with Crippen LogP contribution in [0.2, 0.25) is 0 Å². The molecule has 2 aromatic rings. The van der Waals surface area contributed by atoms with E-state index >= 15 is 0 Å². The van der Waals surface area contributed by atoms with E-state index in [0.717, 1.165) is 38.4 Å². The highest BCUT2D eigenvalue weighted by Crippen LogP contribution is 2.26. The lowest BCUT2D eigenvalue weighted by Crippen LogP contribution is -2.36. The Labute approximate surface area is 136 Å². The van der Waals surface area contributed by atoms with Crippen molar-refractivity contribution in [3.8, 4) is 0 Å². The van der Waals surface area contributed by atoms with E-state index in [1.165, 1.54) is 25.2 Å². The number of likely N-dealkylation sites (tertiary alicyclic amines) is 1. The van der Waals surface area contributed by atoms with E-state index in [-0.39, 0.29) is 0 Å². The Hall–Kier alpha value is -1.24. The lowest BCUT2D eigenvalue weighted by molar-refractivity contribution is 0.153. The molecule has 6 heteroatoms. The van der Waals surface area contributed by atoms with Crippen molar-refractivity contribution in [2.45, 2.75) is 31.7 Å². The number of rotatable bonds is 7. The number of piperidine rings is 1. The number of hydrogen-bond donors (Lipinski definition) is 0. The molecule has 0 saturated carbocycles. The Morgan fingerprint density at radius 1 is 1.41 bits per heavy atom. The van der Waals surface area contributed by atoms with Gasteiger partial charge in [-0.3, -0.25) is 0 Å². The number of thiazole rings is 1. The molecule has 3 rings (SSSR count). The molecule has 0 aliphatic carbocycles. The number of hydrogen-bond acceptors (Lipinski definition) is 5. The van der Waals surface area contributed by atoms with E-state index in [0.29, 0.717) is 5.92 Å². The van der Waals surface area contributed by atoms with Gasteiger partial charge in [0.05, 0.1) is 17.7 Å². The van der Waals surface area contributed by atoms with Gasteiger partial charge < -0.3 is 14.2 Å². The van der Waals surface area contributed by atoms with E-state index in [1.54, 1.807) is 18.4 Å². The van der Waals surface area contributed by atoms with Crippen LogP contribution < -0.4 is 0 Å². The second kappa shape index (κ2) is 7.85. The van der Waals surface area contributed by atoms with Crippen molar-refractivity contribution < 1.29 is 4.74 Å². The standard InChI is InChI=1S/C16H24N4OS/c1-21-9-3-7-19-6-2-4-14(10-19)16-17-5-8-20(16)11-15-12-22-13-18-15/h5,8,12-14H,2-4,6-7,9-11H2,1H3. The molecular formula is C16H24N4OS. The molecule has 3 heterocycles. The van der Waals surface area contributed by atoms with Crippen LogP contribution >= 0.6 is 11.3 Å². The van der Waals surface area contributed by atoms with E-state index in [1.807, 2.05) is 11.7 Å². The van der Waals surface area contributed by atoms with Crippen LogP contribution in [0.15, 0.2) is 23.3 Å². The number of nitrogens with zero attached hydrogens (tertiary/aromatic N) is 4. The maximum absolute atomic E-state index is 5.16. The first-order chi connectivity index (χ1) is 10.9. The number of methoxy groups -OCH3 is 1. The van der Waals surface area contributed by atoms with Crippen molar-refractivity contribution in [1.29, 1.82) is 0 Å². The third-order valence-electron chi connectivity index (χ3n) is 4.26. The van der Waals surface area contributed by atoms with Crippen LogP contribution in [0, 0.1) is 0 Å². The van der Waals surface area contributed by atoms with Gasteiger partial charge in [0.15, 0.2) is 0 Å². The minimum atomic E-state index is 0.532. The van der Waals surface area contributed by atoms with E-state index in [2.05, 4.69) is 31.0 Å². The number of ether oxygens (including phenoxy) is 1. The van der Waals surface area contributed by atoms with E-state index in [9.17, 15) is 0 Å². The van der Waals surface area contributed by atoms with Gasteiger partial charge in [0.1, 0.15) is 5.82 Å². The zero-order chi connectivity index (χ0) is 15.2. The Morgan fingerprint density at radius 2 is 2.36 bits per heavy atom. The van der Waals surface area contributed by atoms with Crippen LogP contribution in [0.1, 0.15) is 36.7 Å². The molecule has 1 aliphatic heterocycles. The van der Waals surface area contributed by atoms with Gasteiger partial charge in [0, 0.05) is 50.5 Å². The maximum atomic E-state index is 5.16. The normalized spacial score (nSPS) is 19.6. The predicted octanol–water partition coefficient (Wildman–Crippen LogP) is 2.60. The molecule has 120 valence electrons. The molecule has 1 unspecified atom stereocenters. The molecule has 0 radical (unpaired) electrons. The highest BCUT2D eigenvalue weighted by Gasteiger charge is 2.24. The fraction of sp³-hybridized carbons (Fsp3) is 0.625. The summed E-state index contributed by atoms with van der Waals surface area (Å²) in [5, 5.41) is 2.11. The van der Waals surface area contributed by atoms with Gasteiger partial charge in [-0.15, -0.1) is 11.3 Å². The molecule has 5 nitrogen and oxygen atoms in total. The minimum Gasteiger partial charge on any atom is -0.385 e. The summed E-state index contributed by atoms with van der Waals surface area (Å²) in [4.78, 5) is 11.6. The van der Waals surface area contributed by atoms with Gasteiger partial charge in [-0.05, 0) is 25.8 Å². The molecule has 1 atom stereocenters. The second-order valence-corrected chi connectivity index (χ2v) is 6.60. The molecule has 1 aliphatic rings. The molecule has 0 spiro atoms. The summed E-state index contributed by atoms with van der Waals surface area (Å²) in [6, 6.07) is 0. The number of imidazole rings is 1. The van der Waals surface area contributed by atoms with Gasteiger partial charge in [0.2, 0.25) is 0 Å². The summed E-state index contributed by atoms with van der Waals surface area (Å²) in [7, 11) is 1.77. The summed E-state index contributed by atoms with van der Waals surface area (Å²) in [6.45, 7) is 5.11. The Morgan fingerprint density at radius 3 is 3.18 bits per heavy atom. The molecule has 2 aromatic heterocycles. The van der Waals surface area contributed by atoms with Crippen molar-refractivity contribution in [1.82, 2.24) is 19.4 Å². The molecule has 0 N–H and O–H groups in total. The van der Waals surface area contributed by atoms with Crippen molar-refractivity contribution in [2.75, 3.05) is 33.4 Å². The second-order valence-electron chi connectivity index (χ2n) is 5.88. The van der Waals surface area contributed by atoms with Gasteiger partial charge in [-0.25, -0.2) is 9.97 Å². The van der Waals surface area contributed by atoms with E-state index < -0.39 is 0 Å². The first-order valence-electron chi connectivity index (χ1n) is 7.96. The molecule has 1 fully saturated rings. The summed E-state index contributed by atoms with van der Waals surface area (Å²) in [6.07, 6.45) is 7.59. The fourth-order valence-electron chi connectivity index (χ4n) is 3.21. The molecule has 0 bridgehead atoms. The lowest BCUT2D eigenvalue weighted by atomic mass is 9.97. The van der Waals surface area contributed by atoms with Crippen LogP contribution in [0.4, 0.5) is 0 Å². The van der Waals surface area contributed by atoms with Crippen LogP contribution in [0.25, 0.3) is 0 Å². The highest BCUT2D eigenvalue weighted by atomic mass is 32.1. The minimum absolute atomic E-state index is 0.532. The zero-order valence-electron chi connectivity index (χ0n) is 13.1. The van der Waals surface area contributed by atoms with Gasteiger partial charge in [-0.1, -0.05) is 0 Å². The highest BCUT2D eigenvalue weighted by molar-refractivity contribution is 7.07. The Bertz CT molecular complexity index is 554. The monoisotopic (exact) mass is 320 g/mol. The Kier molecular flexibility index (Phi) is 5.58. The van der Waals surface area contributed by atoms with Gasteiger partial charge in [0.25, 0.3) is 0 Å². The van der Waals surface area contributed by atoms with Gasteiger partial charge >= 0.3 is 0 Å². The summed E-state index contributed by atoms with van der Waals surface area (Å²) in [5.41, 5.74) is 3.02. The smallest absolute Gasteiger partial charge is 0.113 e. The molecule has 0 aromatic carbocycles. The predicted molar refractivity (Wildman–Crippen MR) is 88.4 cm³/mol. The third kappa shape index (κ3) is 3.94. The molecular weight excluding hydrogens is 296 g/mol. The first-order valence-corrected chi connectivity index (χ1v) is 8.90. The van der Waals surface area contributed by atoms with E-state index in [4.69, 9.17) is 4.74 Å². The zero-order valence-corrected chi connectivity index (χ0v) is 14.0. The van der Waals surface area contributed by atoms with Crippen LogP contribution in [0.5, 0.6) is 0 Å². The average molecular weight is 320 g/mol. The largest absolute Gasteiger partial charge is 0.385 e. The topological polar surface area (TPSA) is 43.2 Å². The lowest BCUT2D eigenvalue weighted by Gasteiger charge is -2.32. The first kappa shape index (κ1) is 15.6. The summed E-state index contributed by atoms with van der Waals surface area (Å²) in [5.74, 6) is 1.74. The summed E-state index contributed by atoms with van der Waals surface area (Å²) < 4.78 is 7.42. The summed E-state index contributed by atoms with van der Waals surface area (Å²) >= 11 is 1.65. The third-order valence-corrected chi connectivity index (χ3v) is 4.89. The SMILES string of the molecule is COCCCN1CCCC(c2nccn2Cc2cscn2)C1. The van der Waals surface area contributed by atoms with Crippen molar-refractivity contribution in [3.05, 3.63) is 34.8 Å². The van der Waals surface area contributed by atoms with Crippen LogP contribution in [-0.2, 0) is 11.3 Å². The maximum Gasteiger partial charge on any atom is 0.113 e. The van der Waals surface area contributed by atoms with Crippen molar-refractivity contribution >= 4 is 11.3 Å². The average Bonchev–Trinajstić information content (AvgIpc) is 3.20. The fourth-order valence-corrected chi connectivity index (χ4v) is 3.76. The Balaban J connectivity index is 1.62. The van der Waals surface area contributed by atoms with Crippen molar-refractivity contribution in [2.24, 2.45) is 0 Å². The van der Waals surface area contributed by atoms with Crippen LogP contribution in [-0.4, -0.2) is 52.8 Å². The van der Waals surface area contributed by atoms with Gasteiger partial charge in [-0.2, -0.15) is 0 Å². The quantitative estimate of drug-likeness (QED) is 0.736. The van der Waals surface area contributed by atoms with Crippen molar-refractivity contribution in [3.63, 3.8) is 0 Å². The number of aromatic nitrogens is 3. The molecule has 22 heavy (non-hydrogen) atoms.